The minimum Gasteiger partial charge on any atom is -0.381 e. The Labute approximate surface area is 88.9 Å². The highest BCUT2D eigenvalue weighted by molar-refractivity contribution is 5.12. The van der Waals surface area contributed by atoms with E-state index in [1.165, 1.54) is 0 Å². The number of rotatable bonds is 1. The van der Waals surface area contributed by atoms with Gasteiger partial charge < -0.3 is 14.4 Å². The van der Waals surface area contributed by atoms with Gasteiger partial charge >= 0.3 is 0 Å². The number of fused-ring (bicyclic) bond motifs is 1. The van der Waals surface area contributed by atoms with E-state index in [2.05, 4.69) is 4.98 Å². The molecule has 15 heavy (non-hydrogen) atoms. The number of aryl methyl sites for hydroxylation is 1. The Morgan fingerprint density at radius 3 is 3.13 bits per heavy atom. The van der Waals surface area contributed by atoms with Crippen molar-refractivity contribution in [3.63, 3.8) is 0 Å². The summed E-state index contributed by atoms with van der Waals surface area (Å²) in [6, 6.07) is 0. The molecule has 4 nitrogen and oxygen atoms in total. The summed E-state index contributed by atoms with van der Waals surface area (Å²) < 4.78 is 7.29. The van der Waals surface area contributed by atoms with Crippen molar-refractivity contribution in [2.24, 2.45) is 0 Å². The molecule has 2 aliphatic heterocycles. The molecule has 2 unspecified atom stereocenters. The number of imidazole rings is 1. The second-order valence-electron chi connectivity index (χ2n) is 4.42. The average molecular weight is 208 g/mol. The fraction of sp³-hybridized carbons (Fsp3) is 0.727. The van der Waals surface area contributed by atoms with Gasteiger partial charge in [0.25, 0.3) is 0 Å². The summed E-state index contributed by atoms with van der Waals surface area (Å²) in [7, 11) is 0. The molecule has 0 saturated carbocycles. The number of aromatic nitrogens is 2. The third-order valence-electron chi connectivity index (χ3n) is 3.36. The molecule has 1 fully saturated rings. The van der Waals surface area contributed by atoms with Gasteiger partial charge in [0.15, 0.2) is 0 Å². The molecule has 2 aliphatic rings. The first-order valence-electron chi connectivity index (χ1n) is 5.68. The van der Waals surface area contributed by atoms with Crippen LogP contribution in [0.4, 0.5) is 0 Å². The molecule has 1 aromatic rings. The summed E-state index contributed by atoms with van der Waals surface area (Å²) in [5.41, 5.74) is 1.10. The molecule has 0 bridgehead atoms. The van der Waals surface area contributed by atoms with Gasteiger partial charge in [-0.2, -0.15) is 0 Å². The largest absolute Gasteiger partial charge is 0.381 e. The van der Waals surface area contributed by atoms with Gasteiger partial charge in [0.2, 0.25) is 0 Å². The summed E-state index contributed by atoms with van der Waals surface area (Å²) in [4.78, 5) is 4.61. The second kappa shape index (κ2) is 3.61. The summed E-state index contributed by atoms with van der Waals surface area (Å²) in [6.07, 6.45) is 5.59. The smallest absolute Gasteiger partial charge is 0.131 e. The van der Waals surface area contributed by atoms with Crippen molar-refractivity contribution < 1.29 is 9.84 Å². The van der Waals surface area contributed by atoms with Gasteiger partial charge in [-0.05, 0) is 19.3 Å². The second-order valence-corrected chi connectivity index (χ2v) is 4.42. The lowest BCUT2D eigenvalue weighted by Crippen LogP contribution is -2.16. The maximum Gasteiger partial charge on any atom is 0.131 e. The van der Waals surface area contributed by atoms with Crippen LogP contribution in [-0.2, 0) is 11.2 Å². The molecule has 4 heteroatoms. The molecule has 3 rings (SSSR count). The van der Waals surface area contributed by atoms with Crippen LogP contribution in [-0.4, -0.2) is 27.9 Å². The van der Waals surface area contributed by atoms with E-state index in [0.29, 0.717) is 5.92 Å². The molecule has 1 saturated heterocycles. The van der Waals surface area contributed by atoms with Crippen molar-refractivity contribution in [2.45, 2.75) is 37.8 Å². The first-order valence-corrected chi connectivity index (χ1v) is 5.68. The lowest BCUT2D eigenvalue weighted by atomic mass is 10.1. The molecule has 0 aromatic carbocycles. The van der Waals surface area contributed by atoms with Crippen LogP contribution >= 0.6 is 0 Å². The van der Waals surface area contributed by atoms with E-state index in [1.807, 2.05) is 10.8 Å². The number of ether oxygens (including phenoxy) is 1. The van der Waals surface area contributed by atoms with Crippen molar-refractivity contribution in [3.05, 3.63) is 17.7 Å². The normalized spacial score (nSPS) is 30.5. The van der Waals surface area contributed by atoms with Crippen molar-refractivity contribution in [3.8, 4) is 0 Å². The Morgan fingerprint density at radius 2 is 2.40 bits per heavy atom. The number of hydrogen-bond donors (Lipinski definition) is 1. The molecule has 2 atom stereocenters. The Morgan fingerprint density at radius 1 is 1.47 bits per heavy atom. The first kappa shape index (κ1) is 9.36. The summed E-state index contributed by atoms with van der Waals surface area (Å²) in [6.45, 7) is 1.63. The molecular formula is C11H16N2O2. The van der Waals surface area contributed by atoms with E-state index in [0.717, 1.165) is 50.4 Å². The van der Waals surface area contributed by atoms with Crippen molar-refractivity contribution in [1.29, 1.82) is 0 Å². The van der Waals surface area contributed by atoms with Gasteiger partial charge in [-0.3, -0.25) is 0 Å². The molecule has 3 heterocycles. The van der Waals surface area contributed by atoms with Crippen molar-refractivity contribution in [1.82, 2.24) is 9.55 Å². The highest BCUT2D eigenvalue weighted by atomic mass is 16.5. The Balaban J connectivity index is 1.90. The van der Waals surface area contributed by atoms with Crippen LogP contribution in [0.5, 0.6) is 0 Å². The topological polar surface area (TPSA) is 47.3 Å². The predicted octanol–water partition coefficient (Wildman–Crippen LogP) is 1.21. The molecular weight excluding hydrogens is 192 g/mol. The number of aliphatic hydroxyl groups is 1. The molecule has 0 radical (unpaired) electrons. The van der Waals surface area contributed by atoms with Crippen molar-refractivity contribution in [2.75, 3.05) is 13.2 Å². The maximum atomic E-state index is 9.81. The standard InChI is InChI=1S/C11H16N2O2/c14-11-3-1-2-10-12-9(6-13(10)11)8-4-5-15-7-8/h6,8,11,14H,1-5,7H2. The number of aliphatic hydroxyl groups excluding tert-OH is 1. The molecule has 0 spiro atoms. The minimum atomic E-state index is -0.364. The fourth-order valence-corrected chi connectivity index (χ4v) is 2.44. The third-order valence-corrected chi connectivity index (χ3v) is 3.36. The van der Waals surface area contributed by atoms with E-state index in [1.54, 1.807) is 0 Å². The third kappa shape index (κ3) is 1.58. The van der Waals surface area contributed by atoms with Gasteiger partial charge in [0.1, 0.15) is 12.1 Å². The van der Waals surface area contributed by atoms with Crippen molar-refractivity contribution >= 4 is 0 Å². The van der Waals surface area contributed by atoms with Crippen LogP contribution in [0.3, 0.4) is 0 Å². The Kier molecular flexibility index (Phi) is 2.25. The zero-order chi connectivity index (χ0) is 10.3. The zero-order valence-electron chi connectivity index (χ0n) is 8.72. The van der Waals surface area contributed by atoms with Crippen LogP contribution in [0.15, 0.2) is 6.20 Å². The highest BCUT2D eigenvalue weighted by Crippen LogP contribution is 2.28. The maximum absolute atomic E-state index is 9.81. The van der Waals surface area contributed by atoms with Gasteiger partial charge in [-0.1, -0.05) is 0 Å². The van der Waals surface area contributed by atoms with Crippen LogP contribution < -0.4 is 0 Å². The van der Waals surface area contributed by atoms with E-state index < -0.39 is 0 Å². The van der Waals surface area contributed by atoms with Gasteiger partial charge in [-0.25, -0.2) is 4.98 Å². The number of hydrogen-bond acceptors (Lipinski definition) is 3. The SMILES string of the molecule is OC1CCCc2nc(C3CCOC3)cn21. The predicted molar refractivity (Wildman–Crippen MR) is 54.6 cm³/mol. The lowest BCUT2D eigenvalue weighted by Gasteiger charge is -2.19. The van der Waals surface area contributed by atoms with Crippen LogP contribution in [0.25, 0.3) is 0 Å². The summed E-state index contributed by atoms with van der Waals surface area (Å²) in [5.74, 6) is 1.48. The number of nitrogens with zero attached hydrogens (tertiary/aromatic N) is 2. The minimum absolute atomic E-state index is 0.364. The van der Waals surface area contributed by atoms with E-state index >= 15 is 0 Å². The van der Waals surface area contributed by atoms with E-state index in [4.69, 9.17) is 4.74 Å². The van der Waals surface area contributed by atoms with Gasteiger partial charge in [0, 0.05) is 25.1 Å². The molecule has 1 aromatic heterocycles. The van der Waals surface area contributed by atoms with Gasteiger partial charge in [0.05, 0.1) is 12.3 Å². The molecule has 0 amide bonds. The molecule has 82 valence electrons. The van der Waals surface area contributed by atoms with Crippen LogP contribution in [0.2, 0.25) is 0 Å². The van der Waals surface area contributed by atoms with Gasteiger partial charge in [-0.15, -0.1) is 0 Å². The quantitative estimate of drug-likeness (QED) is 0.754. The Bertz CT molecular complexity index is 355. The fourth-order valence-electron chi connectivity index (χ4n) is 2.44. The monoisotopic (exact) mass is 208 g/mol. The lowest BCUT2D eigenvalue weighted by molar-refractivity contribution is 0.0780. The Hall–Kier alpha value is -0.870. The first-order chi connectivity index (χ1) is 7.34. The van der Waals surface area contributed by atoms with E-state index in [-0.39, 0.29) is 6.23 Å². The van der Waals surface area contributed by atoms with Crippen LogP contribution in [0.1, 0.15) is 42.9 Å². The summed E-state index contributed by atoms with van der Waals surface area (Å²) in [5, 5.41) is 9.81. The average Bonchev–Trinajstić information content (AvgIpc) is 2.86. The highest BCUT2D eigenvalue weighted by Gasteiger charge is 2.25. The zero-order valence-corrected chi connectivity index (χ0v) is 8.72. The molecule has 1 N–H and O–H groups in total. The van der Waals surface area contributed by atoms with E-state index in [9.17, 15) is 5.11 Å². The summed E-state index contributed by atoms with van der Waals surface area (Å²) >= 11 is 0. The molecule has 0 aliphatic carbocycles. The van der Waals surface area contributed by atoms with Crippen LogP contribution in [0, 0.1) is 0 Å².